The third-order valence-electron chi connectivity index (χ3n) is 3.94. The summed E-state index contributed by atoms with van der Waals surface area (Å²) in [4.78, 5) is 15.0. The van der Waals surface area contributed by atoms with Crippen LogP contribution in [0.1, 0.15) is 24.9 Å². The summed E-state index contributed by atoms with van der Waals surface area (Å²) in [6, 6.07) is 4.57. The van der Waals surface area contributed by atoms with Crippen molar-refractivity contribution < 1.29 is 14.3 Å². The molecule has 1 N–H and O–H groups in total. The maximum Gasteiger partial charge on any atom is 0.317 e. The molecule has 21 heavy (non-hydrogen) atoms. The van der Waals surface area contributed by atoms with Crippen molar-refractivity contribution in [3.8, 4) is 0 Å². The molecule has 4 nitrogen and oxygen atoms in total. The summed E-state index contributed by atoms with van der Waals surface area (Å²) in [5, 5.41) is 9.30. The second kappa shape index (κ2) is 7.20. The second-order valence-electron chi connectivity index (χ2n) is 5.40. The number of carboxylic acid groups (broad SMARTS) is 1. The maximum atomic E-state index is 13.1. The lowest BCUT2D eigenvalue weighted by atomic mass is 10.1. The van der Waals surface area contributed by atoms with Gasteiger partial charge in [0.2, 0.25) is 0 Å². The minimum absolute atomic E-state index is 0.0829. The quantitative estimate of drug-likeness (QED) is 0.928. The Labute approximate surface area is 129 Å². The molecule has 0 radical (unpaired) electrons. The van der Waals surface area contributed by atoms with E-state index in [9.17, 15) is 9.18 Å². The zero-order valence-corrected chi connectivity index (χ0v) is 12.8. The normalized spacial score (nSPS) is 19.2. The molecule has 0 bridgehead atoms. The molecule has 1 aliphatic heterocycles. The first-order valence-corrected chi connectivity index (χ1v) is 7.48. The van der Waals surface area contributed by atoms with Crippen LogP contribution in [0.2, 0.25) is 5.02 Å². The molecule has 6 heteroatoms. The standard InChI is InChI=1S/C15H20ClFN2O2/c1-11(13-4-3-12(17)9-14(13)16)19-6-2-5-18(7-8-19)10-15(20)21/h3-4,9,11H,2,5-8,10H2,1H3,(H,20,21). The molecule has 116 valence electrons. The van der Waals surface area contributed by atoms with Gasteiger partial charge in [0, 0.05) is 37.2 Å². The molecule has 1 aromatic carbocycles. The highest BCUT2D eigenvalue weighted by molar-refractivity contribution is 6.31. The summed E-state index contributed by atoms with van der Waals surface area (Å²) in [6.45, 7) is 5.29. The number of aliphatic carboxylic acids is 1. The monoisotopic (exact) mass is 314 g/mol. The van der Waals surface area contributed by atoms with Crippen molar-refractivity contribution in [1.82, 2.24) is 9.80 Å². The van der Waals surface area contributed by atoms with Gasteiger partial charge in [-0.3, -0.25) is 14.6 Å². The van der Waals surface area contributed by atoms with Crippen molar-refractivity contribution in [3.05, 3.63) is 34.6 Å². The van der Waals surface area contributed by atoms with E-state index in [0.29, 0.717) is 5.02 Å². The van der Waals surface area contributed by atoms with Crippen LogP contribution >= 0.6 is 11.6 Å². The van der Waals surface area contributed by atoms with E-state index < -0.39 is 5.97 Å². The fourth-order valence-electron chi connectivity index (χ4n) is 2.76. The summed E-state index contributed by atoms with van der Waals surface area (Å²) >= 11 is 6.13. The van der Waals surface area contributed by atoms with Crippen molar-refractivity contribution in [1.29, 1.82) is 0 Å². The number of rotatable bonds is 4. The minimum Gasteiger partial charge on any atom is -0.480 e. The van der Waals surface area contributed by atoms with Crippen LogP contribution in [-0.2, 0) is 4.79 Å². The lowest BCUT2D eigenvalue weighted by Gasteiger charge is -2.28. The topological polar surface area (TPSA) is 43.8 Å². The van der Waals surface area contributed by atoms with Gasteiger partial charge in [-0.05, 0) is 31.0 Å². The molecule has 0 saturated carbocycles. The van der Waals surface area contributed by atoms with E-state index in [1.165, 1.54) is 12.1 Å². The fraction of sp³-hybridized carbons (Fsp3) is 0.533. The highest BCUT2D eigenvalue weighted by Crippen LogP contribution is 2.28. The molecule has 0 spiro atoms. The second-order valence-corrected chi connectivity index (χ2v) is 5.81. The first kappa shape index (κ1) is 16.2. The predicted molar refractivity (Wildman–Crippen MR) is 80.1 cm³/mol. The first-order chi connectivity index (χ1) is 9.97. The predicted octanol–water partition coefficient (Wildman–Crippen LogP) is 2.63. The van der Waals surface area contributed by atoms with Gasteiger partial charge in [0.05, 0.1) is 6.54 Å². The number of halogens is 2. The van der Waals surface area contributed by atoms with Crippen LogP contribution < -0.4 is 0 Å². The molecular weight excluding hydrogens is 295 g/mol. The van der Waals surface area contributed by atoms with Crippen LogP contribution in [0.3, 0.4) is 0 Å². The smallest absolute Gasteiger partial charge is 0.317 e. The molecular formula is C15H20ClFN2O2. The van der Waals surface area contributed by atoms with Crippen LogP contribution in [0, 0.1) is 5.82 Å². The average Bonchev–Trinajstić information content (AvgIpc) is 2.63. The van der Waals surface area contributed by atoms with Crippen molar-refractivity contribution in [3.63, 3.8) is 0 Å². The lowest BCUT2D eigenvalue weighted by molar-refractivity contribution is -0.138. The molecule has 1 saturated heterocycles. The number of hydrogen-bond acceptors (Lipinski definition) is 3. The SMILES string of the molecule is CC(c1ccc(F)cc1Cl)N1CCCN(CC(=O)O)CC1. The van der Waals surface area contributed by atoms with Gasteiger partial charge < -0.3 is 5.11 Å². The van der Waals surface area contributed by atoms with Crippen LogP contribution in [0.25, 0.3) is 0 Å². The molecule has 0 aliphatic carbocycles. The van der Waals surface area contributed by atoms with E-state index in [-0.39, 0.29) is 18.4 Å². The minimum atomic E-state index is -0.793. The van der Waals surface area contributed by atoms with E-state index in [1.54, 1.807) is 6.07 Å². The third-order valence-corrected chi connectivity index (χ3v) is 4.27. The Morgan fingerprint density at radius 1 is 1.38 bits per heavy atom. The Balaban J connectivity index is 2.02. The number of benzene rings is 1. The fourth-order valence-corrected chi connectivity index (χ4v) is 3.09. The summed E-state index contributed by atoms with van der Waals surface area (Å²) in [7, 11) is 0. The van der Waals surface area contributed by atoms with E-state index in [1.807, 2.05) is 11.8 Å². The third kappa shape index (κ3) is 4.40. The zero-order valence-electron chi connectivity index (χ0n) is 12.1. The van der Waals surface area contributed by atoms with Gasteiger partial charge >= 0.3 is 5.97 Å². The van der Waals surface area contributed by atoms with Gasteiger partial charge in [0.1, 0.15) is 5.82 Å². The Morgan fingerprint density at radius 3 is 2.81 bits per heavy atom. The van der Waals surface area contributed by atoms with E-state index in [0.717, 1.165) is 38.2 Å². The maximum absolute atomic E-state index is 13.1. The molecule has 0 amide bonds. The Hall–Kier alpha value is -1.17. The van der Waals surface area contributed by atoms with Gasteiger partial charge in [-0.1, -0.05) is 17.7 Å². The van der Waals surface area contributed by atoms with E-state index in [2.05, 4.69) is 4.90 Å². The van der Waals surface area contributed by atoms with Crippen LogP contribution in [-0.4, -0.2) is 53.6 Å². The zero-order chi connectivity index (χ0) is 15.4. The number of nitrogens with zero attached hydrogens (tertiary/aromatic N) is 2. The van der Waals surface area contributed by atoms with E-state index in [4.69, 9.17) is 16.7 Å². The van der Waals surface area contributed by atoms with Crippen molar-refractivity contribution in [2.45, 2.75) is 19.4 Å². The number of carboxylic acids is 1. The van der Waals surface area contributed by atoms with Gasteiger partial charge in [-0.15, -0.1) is 0 Å². The molecule has 1 aromatic rings. The molecule has 2 rings (SSSR count). The molecule has 1 fully saturated rings. The molecule has 0 aromatic heterocycles. The average molecular weight is 315 g/mol. The molecule has 1 atom stereocenters. The Kier molecular flexibility index (Phi) is 5.56. The summed E-state index contributed by atoms with van der Waals surface area (Å²) in [5.74, 6) is -1.13. The number of carbonyl (C=O) groups is 1. The van der Waals surface area contributed by atoms with Gasteiger partial charge in [0.25, 0.3) is 0 Å². The summed E-state index contributed by atoms with van der Waals surface area (Å²) in [5.41, 5.74) is 0.907. The van der Waals surface area contributed by atoms with Crippen LogP contribution in [0.15, 0.2) is 18.2 Å². The number of hydrogen-bond donors (Lipinski definition) is 1. The molecule has 1 unspecified atom stereocenters. The van der Waals surface area contributed by atoms with Gasteiger partial charge in [0.15, 0.2) is 0 Å². The lowest BCUT2D eigenvalue weighted by Crippen LogP contribution is -2.35. The van der Waals surface area contributed by atoms with Crippen molar-refractivity contribution in [2.75, 3.05) is 32.7 Å². The summed E-state index contributed by atoms with van der Waals surface area (Å²) in [6.07, 6.45) is 0.913. The van der Waals surface area contributed by atoms with Crippen molar-refractivity contribution in [2.24, 2.45) is 0 Å². The van der Waals surface area contributed by atoms with Crippen molar-refractivity contribution >= 4 is 17.6 Å². The molecule has 1 aliphatic rings. The van der Waals surface area contributed by atoms with E-state index >= 15 is 0 Å². The highest BCUT2D eigenvalue weighted by Gasteiger charge is 2.22. The summed E-state index contributed by atoms with van der Waals surface area (Å²) < 4.78 is 13.1. The Bertz CT molecular complexity index is 512. The van der Waals surface area contributed by atoms with Gasteiger partial charge in [-0.25, -0.2) is 4.39 Å². The molecule has 1 heterocycles. The van der Waals surface area contributed by atoms with Crippen LogP contribution in [0.5, 0.6) is 0 Å². The largest absolute Gasteiger partial charge is 0.480 e. The highest BCUT2D eigenvalue weighted by atomic mass is 35.5. The van der Waals surface area contributed by atoms with Crippen LogP contribution in [0.4, 0.5) is 4.39 Å². The first-order valence-electron chi connectivity index (χ1n) is 7.10. The van der Waals surface area contributed by atoms with Gasteiger partial charge in [-0.2, -0.15) is 0 Å². The Morgan fingerprint density at radius 2 is 2.14 bits per heavy atom.